The van der Waals surface area contributed by atoms with Crippen LogP contribution in [0.2, 0.25) is 0 Å². The number of hydrogen-bond donors (Lipinski definition) is 1. The van der Waals surface area contributed by atoms with E-state index in [2.05, 4.69) is 22.2 Å². The summed E-state index contributed by atoms with van der Waals surface area (Å²) in [5, 5.41) is 3.27. The molecule has 2 saturated heterocycles. The van der Waals surface area contributed by atoms with Gasteiger partial charge in [-0.15, -0.1) is 0 Å². The summed E-state index contributed by atoms with van der Waals surface area (Å²) in [7, 11) is 2.18. The summed E-state index contributed by atoms with van der Waals surface area (Å²) in [6, 6.07) is -0.00109. The first kappa shape index (κ1) is 12.8. The Morgan fingerprint density at radius 1 is 1.35 bits per heavy atom. The van der Waals surface area contributed by atoms with Crippen LogP contribution in [-0.2, 0) is 4.79 Å². The van der Waals surface area contributed by atoms with Gasteiger partial charge in [-0.25, -0.2) is 0 Å². The smallest absolute Gasteiger partial charge is 0.239 e. The van der Waals surface area contributed by atoms with E-state index in [0.29, 0.717) is 5.92 Å². The number of hydrogen-bond acceptors (Lipinski definition) is 3. The highest BCUT2D eigenvalue weighted by Gasteiger charge is 2.26. The zero-order chi connectivity index (χ0) is 12.3. The molecule has 2 atom stereocenters. The number of nitrogens with one attached hydrogen (secondary N) is 1. The minimum Gasteiger partial charge on any atom is -0.341 e. The molecule has 2 unspecified atom stereocenters. The largest absolute Gasteiger partial charge is 0.341 e. The summed E-state index contributed by atoms with van der Waals surface area (Å²) >= 11 is 0. The second-order valence-corrected chi connectivity index (χ2v) is 5.58. The quantitative estimate of drug-likeness (QED) is 0.764. The molecule has 2 heterocycles. The maximum absolute atomic E-state index is 12.2. The first-order chi connectivity index (χ1) is 8.16. The van der Waals surface area contributed by atoms with E-state index in [-0.39, 0.29) is 11.9 Å². The van der Waals surface area contributed by atoms with Crippen LogP contribution in [0.3, 0.4) is 0 Å². The van der Waals surface area contributed by atoms with Gasteiger partial charge in [0, 0.05) is 19.6 Å². The Bertz CT molecular complexity index is 269. The summed E-state index contributed by atoms with van der Waals surface area (Å²) in [6.45, 7) is 7.18. The van der Waals surface area contributed by atoms with E-state index in [1.807, 2.05) is 6.92 Å². The van der Waals surface area contributed by atoms with E-state index in [9.17, 15) is 4.79 Å². The Morgan fingerprint density at radius 3 is 2.94 bits per heavy atom. The molecule has 0 bridgehead atoms. The van der Waals surface area contributed by atoms with Crippen molar-refractivity contribution in [1.29, 1.82) is 0 Å². The van der Waals surface area contributed by atoms with Crippen molar-refractivity contribution in [2.45, 2.75) is 32.2 Å². The van der Waals surface area contributed by atoms with Gasteiger partial charge in [0.15, 0.2) is 0 Å². The number of carbonyl (C=O) groups excluding carboxylic acids is 1. The van der Waals surface area contributed by atoms with Gasteiger partial charge in [-0.3, -0.25) is 4.79 Å². The maximum atomic E-state index is 12.2. The third kappa shape index (κ3) is 3.42. The van der Waals surface area contributed by atoms with Crippen molar-refractivity contribution in [2.24, 2.45) is 5.92 Å². The van der Waals surface area contributed by atoms with Crippen LogP contribution < -0.4 is 5.32 Å². The van der Waals surface area contributed by atoms with Crippen molar-refractivity contribution in [2.75, 3.05) is 39.8 Å². The van der Waals surface area contributed by atoms with Crippen molar-refractivity contribution in [3.63, 3.8) is 0 Å². The molecule has 2 rings (SSSR count). The zero-order valence-electron chi connectivity index (χ0n) is 11.1. The third-order valence-corrected chi connectivity index (χ3v) is 3.94. The van der Waals surface area contributed by atoms with Crippen LogP contribution in [0.15, 0.2) is 0 Å². The third-order valence-electron chi connectivity index (χ3n) is 3.94. The van der Waals surface area contributed by atoms with Gasteiger partial charge in [-0.1, -0.05) is 0 Å². The van der Waals surface area contributed by atoms with E-state index in [1.54, 1.807) is 0 Å². The van der Waals surface area contributed by atoms with Crippen molar-refractivity contribution >= 4 is 5.91 Å². The van der Waals surface area contributed by atoms with Gasteiger partial charge in [0.05, 0.1) is 6.04 Å². The molecule has 0 spiro atoms. The van der Waals surface area contributed by atoms with Crippen molar-refractivity contribution in [1.82, 2.24) is 15.1 Å². The van der Waals surface area contributed by atoms with E-state index < -0.39 is 0 Å². The molecule has 98 valence electrons. The Labute approximate surface area is 104 Å². The van der Waals surface area contributed by atoms with Crippen LogP contribution >= 0.6 is 0 Å². The van der Waals surface area contributed by atoms with Crippen LogP contribution in [0.1, 0.15) is 26.2 Å². The minimum atomic E-state index is -0.00109. The molecule has 1 amide bonds. The second-order valence-electron chi connectivity index (χ2n) is 5.58. The van der Waals surface area contributed by atoms with Crippen LogP contribution in [0.4, 0.5) is 0 Å². The van der Waals surface area contributed by atoms with E-state index >= 15 is 0 Å². The lowest BCUT2D eigenvalue weighted by Crippen LogP contribution is -2.46. The fourth-order valence-electron chi connectivity index (χ4n) is 2.98. The standard InChI is InChI=1S/C13H25N3O/c1-11-13(17)16(8-4-6-14-11)10-12-5-3-7-15(2)9-12/h11-12,14H,3-10H2,1-2H3. The van der Waals surface area contributed by atoms with Gasteiger partial charge >= 0.3 is 0 Å². The van der Waals surface area contributed by atoms with Gasteiger partial charge in [0.1, 0.15) is 0 Å². The minimum absolute atomic E-state index is 0.00109. The molecule has 2 aliphatic heterocycles. The van der Waals surface area contributed by atoms with Gasteiger partial charge in [0.2, 0.25) is 5.91 Å². The first-order valence-corrected chi connectivity index (χ1v) is 6.87. The zero-order valence-corrected chi connectivity index (χ0v) is 11.1. The van der Waals surface area contributed by atoms with Crippen molar-refractivity contribution < 1.29 is 4.79 Å². The van der Waals surface area contributed by atoms with Crippen molar-refractivity contribution in [3.05, 3.63) is 0 Å². The highest BCUT2D eigenvalue weighted by molar-refractivity contribution is 5.81. The lowest BCUT2D eigenvalue weighted by atomic mass is 9.97. The molecular formula is C13H25N3O. The predicted molar refractivity (Wildman–Crippen MR) is 68.9 cm³/mol. The summed E-state index contributed by atoms with van der Waals surface area (Å²) in [4.78, 5) is 16.6. The van der Waals surface area contributed by atoms with Crippen LogP contribution in [0, 0.1) is 5.92 Å². The molecule has 0 saturated carbocycles. The monoisotopic (exact) mass is 239 g/mol. The van der Waals surface area contributed by atoms with Gasteiger partial charge in [0.25, 0.3) is 0 Å². The average Bonchev–Trinajstić information content (AvgIpc) is 2.45. The number of rotatable bonds is 2. The van der Waals surface area contributed by atoms with Gasteiger partial charge in [-0.05, 0) is 52.2 Å². The molecule has 4 nitrogen and oxygen atoms in total. The van der Waals surface area contributed by atoms with Gasteiger partial charge < -0.3 is 15.1 Å². The average molecular weight is 239 g/mol. The fraction of sp³-hybridized carbons (Fsp3) is 0.923. The summed E-state index contributed by atoms with van der Waals surface area (Å²) < 4.78 is 0. The number of piperidine rings is 1. The second kappa shape index (κ2) is 5.83. The normalized spacial score (nSPS) is 32.6. The number of likely N-dealkylation sites (tertiary alicyclic amines) is 1. The summed E-state index contributed by atoms with van der Waals surface area (Å²) in [5.41, 5.74) is 0. The molecule has 4 heteroatoms. The predicted octanol–water partition coefficient (Wildman–Crippen LogP) is 0.539. The van der Waals surface area contributed by atoms with Crippen molar-refractivity contribution in [3.8, 4) is 0 Å². The number of carbonyl (C=O) groups is 1. The topological polar surface area (TPSA) is 35.6 Å². The Balaban J connectivity index is 1.89. The molecule has 2 fully saturated rings. The number of amides is 1. The lowest BCUT2D eigenvalue weighted by molar-refractivity contribution is -0.133. The highest BCUT2D eigenvalue weighted by Crippen LogP contribution is 2.17. The van der Waals surface area contributed by atoms with Gasteiger partial charge in [-0.2, -0.15) is 0 Å². The lowest BCUT2D eigenvalue weighted by Gasteiger charge is -2.34. The molecule has 0 aromatic rings. The fourth-order valence-corrected chi connectivity index (χ4v) is 2.98. The molecule has 0 aromatic carbocycles. The van der Waals surface area contributed by atoms with E-state index in [4.69, 9.17) is 0 Å². The molecular weight excluding hydrogens is 214 g/mol. The summed E-state index contributed by atoms with van der Waals surface area (Å²) in [5.74, 6) is 0.957. The molecule has 1 N–H and O–H groups in total. The highest BCUT2D eigenvalue weighted by atomic mass is 16.2. The molecule has 0 aliphatic carbocycles. The Kier molecular flexibility index (Phi) is 4.40. The number of nitrogens with zero attached hydrogens (tertiary/aromatic N) is 2. The molecule has 17 heavy (non-hydrogen) atoms. The summed E-state index contributed by atoms with van der Waals surface area (Å²) in [6.07, 6.45) is 3.63. The van der Waals surface area contributed by atoms with Crippen LogP contribution in [0.5, 0.6) is 0 Å². The SMILES string of the molecule is CC1NCCCN(CC2CCCN(C)C2)C1=O. The molecule has 0 aromatic heterocycles. The van der Waals surface area contributed by atoms with E-state index in [1.165, 1.54) is 19.4 Å². The molecule has 2 aliphatic rings. The molecule has 0 radical (unpaired) electrons. The Morgan fingerprint density at radius 2 is 2.18 bits per heavy atom. The van der Waals surface area contributed by atoms with Crippen LogP contribution in [-0.4, -0.2) is 61.5 Å². The van der Waals surface area contributed by atoms with E-state index in [0.717, 1.165) is 32.6 Å². The first-order valence-electron chi connectivity index (χ1n) is 6.87. The Hall–Kier alpha value is -0.610. The van der Waals surface area contributed by atoms with Crippen LogP contribution in [0.25, 0.3) is 0 Å². The maximum Gasteiger partial charge on any atom is 0.239 e.